The fourth-order valence-corrected chi connectivity index (χ4v) is 13.1. The van der Waals surface area contributed by atoms with Crippen LogP contribution in [0.15, 0.2) is 200 Å². The molecule has 0 saturated heterocycles. The fourth-order valence-electron chi connectivity index (χ4n) is 8.25. The molecule has 0 amide bonds. The van der Waals surface area contributed by atoms with E-state index in [1.807, 2.05) is 32.3 Å². The second-order valence-electron chi connectivity index (χ2n) is 16.7. The molecule has 1 atom stereocenters. The van der Waals surface area contributed by atoms with Crippen LogP contribution in [0.2, 0.25) is 0 Å². The zero-order chi connectivity index (χ0) is 45.9. The van der Waals surface area contributed by atoms with Crippen molar-refractivity contribution in [3.63, 3.8) is 0 Å². The first-order chi connectivity index (χ1) is 31.6. The number of likely N-dealkylation sites (N-methyl/N-ethyl adjacent to an activating group) is 1. The quantitative estimate of drug-likeness (QED) is 0.109. The molecule has 0 aliphatic rings. The normalized spacial score (nSPS) is 11.7. The summed E-state index contributed by atoms with van der Waals surface area (Å²) in [6.07, 6.45) is 0. The van der Waals surface area contributed by atoms with E-state index in [1.54, 1.807) is 0 Å². The van der Waals surface area contributed by atoms with Gasteiger partial charge in [0, 0.05) is 12.6 Å². The van der Waals surface area contributed by atoms with Crippen LogP contribution in [0.25, 0.3) is 32.7 Å². The van der Waals surface area contributed by atoms with Gasteiger partial charge in [0.25, 0.3) is 0 Å². The zero-order valence-corrected chi connectivity index (χ0v) is 42.9. The summed E-state index contributed by atoms with van der Waals surface area (Å²) in [7, 11) is 12.0. The van der Waals surface area contributed by atoms with E-state index >= 15 is 0 Å². The first kappa shape index (κ1) is 48.4. The van der Waals surface area contributed by atoms with Crippen molar-refractivity contribution in [2.75, 3.05) is 20.6 Å². The number of halogens is 2. The molecule has 9 aromatic rings. The van der Waals surface area contributed by atoms with Crippen LogP contribution in [0.3, 0.4) is 0 Å². The van der Waals surface area contributed by atoms with Crippen molar-refractivity contribution >= 4 is 88.6 Å². The Morgan fingerprint density at radius 1 is 0.431 bits per heavy atom. The Labute approximate surface area is 405 Å². The summed E-state index contributed by atoms with van der Waals surface area (Å²) in [6, 6.07) is 74.9. The van der Waals surface area contributed by atoms with E-state index in [0.29, 0.717) is 0 Å². The number of nitrogens with two attached hydrogens (primary N) is 1. The van der Waals surface area contributed by atoms with Crippen molar-refractivity contribution in [3.8, 4) is 11.1 Å². The Bertz CT molecular complexity index is 2660. The predicted molar refractivity (Wildman–Crippen MR) is 287 cm³/mol. The van der Waals surface area contributed by atoms with Gasteiger partial charge in [-0.2, -0.15) is 0 Å². The number of hydrogen-bond donors (Lipinski definition) is 1. The average molecular weight is 1020 g/mol. The van der Waals surface area contributed by atoms with E-state index in [2.05, 4.69) is 215 Å². The van der Waals surface area contributed by atoms with Gasteiger partial charge >= 0.3 is 34.5 Å². The van der Waals surface area contributed by atoms with Gasteiger partial charge in [0.05, 0.1) is 0 Å². The molecule has 7 heteroatoms. The van der Waals surface area contributed by atoms with Gasteiger partial charge in [-0.15, -0.1) is 0 Å². The molecule has 0 heterocycles. The fraction of sp³-hybridized carbons (Fsp3) is 0.138. The molecular weight excluding hydrogens is 959 g/mol. The van der Waals surface area contributed by atoms with Crippen molar-refractivity contribution < 1.29 is 15.1 Å². The summed E-state index contributed by atoms with van der Waals surface area (Å²) in [4.78, 5) is 2.09. The molecule has 0 fully saturated rings. The van der Waals surface area contributed by atoms with Crippen molar-refractivity contribution in [3.05, 3.63) is 228 Å². The van der Waals surface area contributed by atoms with Gasteiger partial charge in [-0.25, -0.2) is 0 Å². The molecule has 9 rings (SSSR count). The van der Waals surface area contributed by atoms with Crippen LogP contribution in [0.5, 0.6) is 0 Å². The topological polar surface area (TPSA) is 29.3 Å². The van der Waals surface area contributed by atoms with Crippen molar-refractivity contribution in [1.29, 1.82) is 0 Å². The second-order valence-corrected chi connectivity index (χ2v) is 23.7. The van der Waals surface area contributed by atoms with Gasteiger partial charge in [-0.3, -0.25) is 0 Å². The molecule has 0 unspecified atom stereocenters. The number of fused-ring (bicyclic) bond motifs is 2. The molecule has 0 radical (unpaired) electrons. The number of nitrogens with zero attached hydrogens (tertiary/aromatic N) is 1. The van der Waals surface area contributed by atoms with Crippen LogP contribution < -0.4 is 37.6 Å². The zero-order valence-electron chi connectivity index (χ0n) is 37.9. The molecule has 0 saturated carbocycles. The number of hydrogen-bond acceptors (Lipinski definition) is 2. The van der Waals surface area contributed by atoms with E-state index in [4.69, 9.17) is 25.1 Å². The molecule has 2 N–H and O–H groups in total. The molecular formula is C58H56Cl2N2P2Ru. The van der Waals surface area contributed by atoms with Crippen molar-refractivity contribution in [1.82, 2.24) is 4.90 Å². The average Bonchev–Trinajstić information content (AvgIpc) is 3.32. The van der Waals surface area contributed by atoms with Gasteiger partial charge in [-0.05, 0) is 128 Å². The third kappa shape index (κ3) is 12.1. The summed E-state index contributed by atoms with van der Waals surface area (Å²) >= 11 is -0.346. The molecule has 0 aliphatic heterocycles. The summed E-state index contributed by atoms with van der Waals surface area (Å²) in [5.41, 5.74) is 15.0. The van der Waals surface area contributed by atoms with Gasteiger partial charge in [-0.1, -0.05) is 222 Å². The van der Waals surface area contributed by atoms with Crippen LogP contribution in [-0.2, 0) is 15.1 Å². The molecule has 2 nitrogen and oxygen atoms in total. The van der Waals surface area contributed by atoms with Gasteiger partial charge in [0.1, 0.15) is 0 Å². The monoisotopic (exact) mass is 1010 g/mol. The Morgan fingerprint density at radius 2 is 0.738 bits per heavy atom. The molecule has 0 aliphatic carbocycles. The van der Waals surface area contributed by atoms with E-state index in [1.165, 1.54) is 92.3 Å². The van der Waals surface area contributed by atoms with E-state index in [0.717, 1.165) is 6.54 Å². The Balaban J connectivity index is 0.000000360. The third-order valence-electron chi connectivity index (χ3n) is 11.5. The summed E-state index contributed by atoms with van der Waals surface area (Å²) < 4.78 is 0. The van der Waals surface area contributed by atoms with Gasteiger partial charge < -0.3 is 10.6 Å². The second kappa shape index (κ2) is 23.3. The van der Waals surface area contributed by atoms with Gasteiger partial charge in [0.15, 0.2) is 0 Å². The predicted octanol–water partition coefficient (Wildman–Crippen LogP) is 13.0. The minimum atomic E-state index is -0.885. The third-order valence-corrected chi connectivity index (χ3v) is 16.5. The molecule has 0 aromatic heterocycles. The first-order valence-corrected chi connectivity index (χ1v) is 28.9. The maximum atomic E-state index is 5.95. The molecule has 330 valence electrons. The molecule has 9 aromatic carbocycles. The van der Waals surface area contributed by atoms with Crippen LogP contribution in [-0.4, -0.2) is 25.5 Å². The number of benzene rings is 9. The van der Waals surface area contributed by atoms with Crippen molar-refractivity contribution in [2.24, 2.45) is 5.73 Å². The van der Waals surface area contributed by atoms with Crippen LogP contribution in [0, 0.1) is 27.7 Å². The SMILES string of the molecule is CN(C)C[C@H](N)c1ccccc1.Cc1ccc(P(c2ccc(C)cc2)c2ccc3ccccc3c2-c2c(P(c3ccc(C)cc3)c3ccc(C)cc3)ccc3ccccc23)cc1.[Cl][Ru][Cl]. The van der Waals surface area contributed by atoms with E-state index in [-0.39, 0.29) is 21.2 Å². The number of aryl methyl sites for hydroxylation is 4. The van der Waals surface area contributed by atoms with Crippen LogP contribution in [0.1, 0.15) is 33.9 Å². The van der Waals surface area contributed by atoms with E-state index in [9.17, 15) is 0 Å². The number of rotatable bonds is 10. The first-order valence-electron chi connectivity index (χ1n) is 21.8. The van der Waals surface area contributed by atoms with Crippen molar-refractivity contribution in [2.45, 2.75) is 33.7 Å². The Morgan fingerprint density at radius 3 is 1.06 bits per heavy atom. The molecule has 0 bridgehead atoms. The van der Waals surface area contributed by atoms with E-state index < -0.39 is 15.8 Å². The summed E-state index contributed by atoms with van der Waals surface area (Å²) in [6.45, 7) is 9.62. The van der Waals surface area contributed by atoms with Crippen LogP contribution >= 0.6 is 35.2 Å². The summed E-state index contributed by atoms with van der Waals surface area (Å²) in [5.74, 6) is 0. The Hall–Kier alpha value is -4.52. The minimum absolute atomic E-state index is 0.126. The standard InChI is InChI=1S/C48H40P2.C10H16N2.2ClH.Ru/c1-33-13-23-39(24-14-33)49(40-25-15-34(2)16-26-40)45-31-21-37-9-5-7-11-43(37)47(45)48-44-12-8-6-10-38(44)22-32-46(48)50(41-27-17-35(3)18-28-41)42-29-19-36(4)20-30-42;1-12(2)8-10(11)9-6-4-3-5-7-9;;;/h5-32H,1-4H3;3-7,10H,8,11H2,1-2H3;2*1H;/q;;;;+2/p-2/t;10-;;;/m.0.../s1. The molecule has 0 spiro atoms. The van der Waals surface area contributed by atoms with Crippen LogP contribution in [0.4, 0.5) is 0 Å². The summed E-state index contributed by atoms with van der Waals surface area (Å²) in [5, 5.41) is 13.4. The molecule has 65 heavy (non-hydrogen) atoms. The van der Waals surface area contributed by atoms with Gasteiger partial charge in [0.2, 0.25) is 0 Å². The maximum absolute atomic E-state index is 5.95. The Kier molecular flexibility index (Phi) is 17.3.